The number of nitrogens with one attached hydrogen (secondary N) is 4. The van der Waals surface area contributed by atoms with Crippen LogP contribution < -0.4 is 21.3 Å². The molecule has 4 rings (SSSR count). The zero-order chi connectivity index (χ0) is 34.2. The predicted octanol–water partition coefficient (Wildman–Crippen LogP) is 6.96. The number of aliphatic hydroxyl groups excluding tert-OH is 1. The van der Waals surface area contributed by atoms with E-state index in [9.17, 15) is 32.1 Å². The molecule has 0 aliphatic carbocycles. The fraction of sp³-hybridized carbons (Fsp3) is 0.226. The highest BCUT2D eigenvalue weighted by Crippen LogP contribution is 2.31. The van der Waals surface area contributed by atoms with E-state index in [-0.39, 0.29) is 35.8 Å². The smallest absolute Gasteiger partial charge is 0.442 e. The Balaban J connectivity index is 1.52. The third-order valence-electron chi connectivity index (χ3n) is 6.39. The Kier molecular flexibility index (Phi) is 11.0. The van der Waals surface area contributed by atoms with Crippen molar-refractivity contribution < 1.29 is 36.8 Å². The molecule has 0 saturated carbocycles. The third-order valence-corrected chi connectivity index (χ3v) is 8.02. The molecule has 3 amide bonds. The highest BCUT2D eigenvalue weighted by atomic mass is 32.2. The summed E-state index contributed by atoms with van der Waals surface area (Å²) in [5.74, 6) is 0.549. The molecule has 12 nitrogen and oxygen atoms in total. The summed E-state index contributed by atoms with van der Waals surface area (Å²) in [7, 11) is -3.09. The molecule has 0 saturated heterocycles. The molecule has 0 bridgehead atoms. The Morgan fingerprint density at radius 2 is 1.68 bits per heavy atom. The highest BCUT2D eigenvalue weighted by molar-refractivity contribution is 7.93. The second-order valence-electron chi connectivity index (χ2n) is 10.2. The normalized spacial score (nSPS) is 13.1. The third kappa shape index (κ3) is 9.64. The van der Waals surface area contributed by atoms with Gasteiger partial charge in [-0.25, -0.2) is 18.8 Å². The monoisotopic (exact) mass is 671 g/mol. The topological polar surface area (TPSA) is 167 Å². The van der Waals surface area contributed by atoms with Gasteiger partial charge in [0.05, 0.1) is 28.5 Å². The van der Waals surface area contributed by atoms with Crippen LogP contribution in [-0.2, 0) is 20.6 Å². The molecule has 1 aromatic heterocycles. The summed E-state index contributed by atoms with van der Waals surface area (Å²) in [6.45, 7) is 3.29. The summed E-state index contributed by atoms with van der Waals surface area (Å²) in [5, 5.41) is 20.8. The van der Waals surface area contributed by atoms with E-state index in [0.717, 1.165) is 12.1 Å². The molecule has 0 fully saturated rings. The first-order chi connectivity index (χ1) is 22.3. The summed E-state index contributed by atoms with van der Waals surface area (Å²) in [6.07, 6.45) is -2.59. The minimum absolute atomic E-state index is 0.0183. The van der Waals surface area contributed by atoms with Gasteiger partial charge in [-0.05, 0) is 67.9 Å². The lowest BCUT2D eigenvalue weighted by Crippen LogP contribution is -2.21. The van der Waals surface area contributed by atoms with Gasteiger partial charge in [0.1, 0.15) is 5.82 Å². The summed E-state index contributed by atoms with van der Waals surface area (Å²) >= 11 is 0. The first-order valence-corrected chi connectivity index (χ1v) is 16.1. The van der Waals surface area contributed by atoms with E-state index in [2.05, 4.69) is 35.6 Å². The van der Waals surface area contributed by atoms with E-state index >= 15 is 0 Å². The molecule has 248 valence electrons. The largest absolute Gasteiger partial charge is 0.448 e. The van der Waals surface area contributed by atoms with Crippen LogP contribution in [0.5, 0.6) is 0 Å². The number of anilines is 5. The van der Waals surface area contributed by atoms with Gasteiger partial charge in [-0.2, -0.15) is 18.2 Å². The fourth-order valence-electron chi connectivity index (χ4n) is 4.13. The maximum Gasteiger partial charge on any atom is 0.442 e. The Bertz CT molecular complexity index is 1860. The summed E-state index contributed by atoms with van der Waals surface area (Å²) in [5.41, 5.74) is 1.16. The molecule has 0 aliphatic rings. The molecule has 16 heteroatoms. The van der Waals surface area contributed by atoms with Gasteiger partial charge in [0.2, 0.25) is 5.95 Å². The number of alkyl halides is 3. The van der Waals surface area contributed by atoms with Gasteiger partial charge in [0, 0.05) is 46.0 Å². The molecule has 47 heavy (non-hydrogen) atoms. The van der Waals surface area contributed by atoms with Crippen LogP contribution in [0.1, 0.15) is 19.4 Å². The quantitative estimate of drug-likeness (QED) is 0.120. The van der Waals surface area contributed by atoms with Crippen LogP contribution in [0.25, 0.3) is 11.1 Å². The molecule has 4 aromatic rings. The Morgan fingerprint density at radius 1 is 1.00 bits per heavy atom. The molecule has 5 N–H and O–H groups in total. The van der Waals surface area contributed by atoms with Crippen LogP contribution in [-0.4, -0.2) is 56.9 Å². The van der Waals surface area contributed by atoms with Crippen molar-refractivity contribution in [1.29, 1.82) is 0 Å². The number of benzene rings is 3. The molecule has 0 aliphatic heterocycles. The fourth-order valence-corrected chi connectivity index (χ4v) is 5.24. The second-order valence-corrected chi connectivity index (χ2v) is 12.4. The van der Waals surface area contributed by atoms with Gasteiger partial charge in [0.25, 0.3) is 0 Å². The first kappa shape index (κ1) is 34.6. The molecule has 0 spiro atoms. The van der Waals surface area contributed by atoms with E-state index in [0.29, 0.717) is 28.3 Å². The average Bonchev–Trinajstić information content (AvgIpc) is 3.01. The number of carbonyl (C=O) groups is 2. The van der Waals surface area contributed by atoms with Crippen LogP contribution in [0.15, 0.2) is 88.3 Å². The van der Waals surface area contributed by atoms with Crippen LogP contribution in [0.3, 0.4) is 0 Å². The molecule has 1 heterocycles. The minimum Gasteiger partial charge on any atom is -0.448 e. The van der Waals surface area contributed by atoms with Crippen molar-refractivity contribution in [2.75, 3.05) is 40.7 Å². The number of carbonyl (C=O) groups excluding carboxylic acids is 2. The average molecular weight is 672 g/mol. The predicted molar refractivity (Wildman–Crippen MR) is 173 cm³/mol. The number of amides is 3. The molecule has 0 radical (unpaired) electrons. The van der Waals surface area contributed by atoms with E-state index in [1.807, 2.05) is 0 Å². The highest BCUT2D eigenvalue weighted by Gasteiger charge is 2.30. The first-order valence-electron chi connectivity index (χ1n) is 14.1. The molecular formula is C31H32F3N7O5S. The van der Waals surface area contributed by atoms with Crippen LogP contribution in [0.4, 0.5) is 51.6 Å². The van der Waals surface area contributed by atoms with Gasteiger partial charge >= 0.3 is 18.3 Å². The zero-order valence-corrected chi connectivity index (χ0v) is 26.3. The Labute approximate surface area is 269 Å². The van der Waals surface area contributed by atoms with Gasteiger partial charge in [-0.1, -0.05) is 24.3 Å². The van der Waals surface area contributed by atoms with Gasteiger partial charge in [-0.15, -0.1) is 4.36 Å². The van der Waals surface area contributed by atoms with Crippen LogP contribution in [0, 0.1) is 0 Å². The van der Waals surface area contributed by atoms with Crippen molar-refractivity contribution in [2.45, 2.75) is 31.0 Å². The summed E-state index contributed by atoms with van der Waals surface area (Å²) in [6, 6.07) is 16.2. The van der Waals surface area contributed by atoms with Crippen LogP contribution in [0.2, 0.25) is 0 Å². The maximum atomic E-state index is 13.1. The van der Waals surface area contributed by atoms with E-state index in [1.54, 1.807) is 68.6 Å². The molecular weight excluding hydrogens is 639 g/mol. The maximum absolute atomic E-state index is 13.1. The van der Waals surface area contributed by atoms with Crippen molar-refractivity contribution >= 4 is 50.7 Å². The number of urea groups is 1. The van der Waals surface area contributed by atoms with Crippen LogP contribution >= 0.6 is 0 Å². The number of rotatable bonds is 10. The molecule has 0 unspecified atom stereocenters. The van der Waals surface area contributed by atoms with Crippen molar-refractivity contribution in [3.63, 3.8) is 0 Å². The summed E-state index contributed by atoms with van der Waals surface area (Å²) in [4.78, 5) is 33.5. The number of halogens is 3. The number of hydrogen-bond acceptors (Lipinski definition) is 9. The number of ether oxygens (including phenoxy) is 1. The molecule has 2 atom stereocenters. The van der Waals surface area contributed by atoms with Crippen molar-refractivity contribution in [1.82, 2.24) is 9.97 Å². The van der Waals surface area contributed by atoms with Crippen molar-refractivity contribution in [3.8, 4) is 11.1 Å². The van der Waals surface area contributed by atoms with E-state index in [4.69, 9.17) is 4.74 Å². The second kappa shape index (κ2) is 14.9. The SMILES string of the molecule is CCOC(=O)N=[S@](C)(=O)c1cccc(Nc2ncc(-c3ccc(NC(=O)Nc4cccc(C(F)(F)F)c4)cc3)c(N[C@H](C)CO)n2)c1. The number of hydrogen-bond donors (Lipinski definition) is 5. The Hall–Kier alpha value is -5.22. The number of aromatic nitrogens is 2. The van der Waals surface area contributed by atoms with Crippen molar-refractivity contribution in [2.24, 2.45) is 4.36 Å². The van der Waals surface area contributed by atoms with Crippen molar-refractivity contribution in [3.05, 3.63) is 84.6 Å². The number of nitrogens with zero attached hydrogens (tertiary/aromatic N) is 3. The van der Waals surface area contributed by atoms with E-state index < -0.39 is 33.6 Å². The lowest BCUT2D eigenvalue weighted by atomic mass is 10.1. The Morgan fingerprint density at radius 3 is 2.36 bits per heavy atom. The lowest BCUT2D eigenvalue weighted by Gasteiger charge is -2.17. The summed E-state index contributed by atoms with van der Waals surface area (Å²) < 4.78 is 60.5. The van der Waals surface area contributed by atoms with Gasteiger partial charge < -0.3 is 31.1 Å². The lowest BCUT2D eigenvalue weighted by molar-refractivity contribution is -0.137. The molecule has 3 aromatic carbocycles. The van der Waals surface area contributed by atoms with Gasteiger partial charge in [-0.3, -0.25) is 0 Å². The minimum atomic E-state index is -4.54. The number of aliphatic hydroxyl groups is 1. The zero-order valence-electron chi connectivity index (χ0n) is 25.5. The van der Waals surface area contributed by atoms with Gasteiger partial charge in [0.15, 0.2) is 0 Å². The standard InChI is InChI=1S/C31H32F3N7O5S/c1-4-46-30(44)41-47(3,45)25-10-6-9-24(16-25)37-28-35-17-26(27(40-28)36-19(2)18-42)20-11-13-22(14-12-20)38-29(43)39-23-8-5-7-21(15-23)31(32,33)34/h5-17,19,42H,4,18H2,1-3H3,(H2,38,39,43)(H2,35,36,37,40)/t19-,47-/m1/s1. The van der Waals surface area contributed by atoms with E-state index in [1.165, 1.54) is 18.4 Å².